The third-order valence-electron chi connectivity index (χ3n) is 6.12. The van der Waals surface area contributed by atoms with Crippen LogP contribution in [0.5, 0.6) is 0 Å². The van der Waals surface area contributed by atoms with Gasteiger partial charge in [0.15, 0.2) is 0 Å². The van der Waals surface area contributed by atoms with Crippen molar-refractivity contribution in [1.29, 1.82) is 0 Å². The van der Waals surface area contributed by atoms with E-state index in [1.807, 2.05) is 42.5 Å². The molecule has 0 bridgehead atoms. The third-order valence-corrected chi connectivity index (χ3v) is 7.59. The second kappa shape index (κ2) is 10.6. The Morgan fingerprint density at radius 2 is 1.72 bits per heavy atom. The molecule has 1 aliphatic rings. The third kappa shape index (κ3) is 5.24. The van der Waals surface area contributed by atoms with Gasteiger partial charge in [0.25, 0.3) is 5.91 Å². The molecule has 0 radical (unpaired) electrons. The molecule has 6 heteroatoms. The first kappa shape index (κ1) is 23.0. The Morgan fingerprint density at radius 3 is 2.34 bits per heavy atom. The summed E-state index contributed by atoms with van der Waals surface area (Å²) < 4.78 is 0. The molecule has 0 saturated carbocycles. The number of halogens is 1. The number of nitrogens with zero attached hydrogens (tertiary/aromatic N) is 2. The summed E-state index contributed by atoms with van der Waals surface area (Å²) in [7, 11) is 0. The predicted octanol–water partition coefficient (Wildman–Crippen LogP) is 5.94. The summed E-state index contributed by atoms with van der Waals surface area (Å²) in [6, 6.07) is 19.9. The van der Waals surface area contributed by atoms with Gasteiger partial charge in [-0.05, 0) is 48.9 Å². The van der Waals surface area contributed by atoms with Crippen molar-refractivity contribution in [1.82, 2.24) is 9.80 Å². The SMILES string of the molecule is CCc1cc([C@H](c2ccc(Cl)cc2)N2CCN(CC)CC2)c(NC(=O)c2ccccc2)s1. The van der Waals surface area contributed by atoms with Crippen LogP contribution in [0, 0.1) is 0 Å². The van der Waals surface area contributed by atoms with Gasteiger partial charge in [0.1, 0.15) is 5.00 Å². The molecule has 0 spiro atoms. The lowest BCUT2D eigenvalue weighted by molar-refractivity contribution is 0.102. The van der Waals surface area contributed by atoms with Crippen molar-refractivity contribution in [2.45, 2.75) is 26.3 Å². The molecule has 4 rings (SSSR count). The molecule has 0 unspecified atom stereocenters. The van der Waals surface area contributed by atoms with E-state index in [2.05, 4.69) is 47.2 Å². The van der Waals surface area contributed by atoms with Gasteiger partial charge in [0, 0.05) is 47.2 Å². The second-order valence-electron chi connectivity index (χ2n) is 8.10. The smallest absolute Gasteiger partial charge is 0.256 e. The van der Waals surface area contributed by atoms with Gasteiger partial charge in [-0.25, -0.2) is 0 Å². The van der Waals surface area contributed by atoms with Gasteiger partial charge in [-0.2, -0.15) is 0 Å². The number of amides is 1. The maximum absolute atomic E-state index is 13.0. The molecule has 2 heterocycles. The molecule has 1 fully saturated rings. The molecule has 32 heavy (non-hydrogen) atoms. The Bertz CT molecular complexity index is 1030. The molecule has 4 nitrogen and oxygen atoms in total. The van der Waals surface area contributed by atoms with Crippen LogP contribution in [0.15, 0.2) is 60.7 Å². The van der Waals surface area contributed by atoms with Crippen LogP contribution in [-0.4, -0.2) is 48.4 Å². The summed E-state index contributed by atoms with van der Waals surface area (Å²) in [5, 5.41) is 4.89. The van der Waals surface area contributed by atoms with Crippen molar-refractivity contribution in [2.24, 2.45) is 0 Å². The zero-order valence-electron chi connectivity index (χ0n) is 18.7. The van der Waals surface area contributed by atoms with Gasteiger partial charge >= 0.3 is 0 Å². The number of carbonyl (C=O) groups is 1. The maximum Gasteiger partial charge on any atom is 0.256 e. The summed E-state index contributed by atoms with van der Waals surface area (Å²) in [5.74, 6) is -0.0676. The standard InChI is InChI=1S/C26H30ClN3OS/c1-3-22-18-23(26(32-22)28-25(31)20-8-6-5-7-9-20)24(19-10-12-21(27)13-11-19)30-16-14-29(4-2)15-17-30/h5-13,18,24H,3-4,14-17H2,1-2H3,(H,28,31)/t24-/m0/s1. The fourth-order valence-corrected chi connectivity index (χ4v) is 5.42. The van der Waals surface area contributed by atoms with E-state index in [9.17, 15) is 4.79 Å². The topological polar surface area (TPSA) is 35.6 Å². The molecular weight excluding hydrogens is 438 g/mol. The van der Waals surface area contributed by atoms with E-state index in [0.29, 0.717) is 5.56 Å². The molecule has 0 aliphatic carbocycles. The molecule has 1 N–H and O–H groups in total. The van der Waals surface area contributed by atoms with E-state index >= 15 is 0 Å². The van der Waals surface area contributed by atoms with Crippen molar-refractivity contribution < 1.29 is 4.79 Å². The van der Waals surface area contributed by atoms with E-state index in [1.54, 1.807) is 11.3 Å². The Morgan fingerprint density at radius 1 is 1.03 bits per heavy atom. The minimum atomic E-state index is -0.0676. The number of benzene rings is 2. The van der Waals surface area contributed by atoms with Crippen LogP contribution in [-0.2, 0) is 6.42 Å². The van der Waals surface area contributed by atoms with Gasteiger partial charge in [0.2, 0.25) is 0 Å². The van der Waals surface area contributed by atoms with E-state index in [-0.39, 0.29) is 11.9 Å². The quantitative estimate of drug-likeness (QED) is 0.466. The van der Waals surface area contributed by atoms with Crippen molar-refractivity contribution in [3.63, 3.8) is 0 Å². The molecule has 2 aromatic carbocycles. The first-order valence-electron chi connectivity index (χ1n) is 11.3. The number of nitrogens with one attached hydrogen (secondary N) is 1. The summed E-state index contributed by atoms with van der Waals surface area (Å²) in [4.78, 5) is 19.3. The summed E-state index contributed by atoms with van der Waals surface area (Å²) in [5.41, 5.74) is 3.04. The van der Waals surface area contributed by atoms with Crippen LogP contribution in [0.4, 0.5) is 5.00 Å². The first-order valence-corrected chi connectivity index (χ1v) is 12.5. The highest BCUT2D eigenvalue weighted by atomic mass is 35.5. The van der Waals surface area contributed by atoms with Crippen molar-refractivity contribution in [3.05, 3.63) is 87.3 Å². The molecule has 168 valence electrons. The van der Waals surface area contributed by atoms with Gasteiger partial charge in [-0.15, -0.1) is 11.3 Å². The van der Waals surface area contributed by atoms with E-state index in [0.717, 1.165) is 49.2 Å². The zero-order chi connectivity index (χ0) is 22.5. The summed E-state index contributed by atoms with van der Waals surface area (Å²) >= 11 is 7.89. The summed E-state index contributed by atoms with van der Waals surface area (Å²) in [6.07, 6.45) is 0.940. The molecular formula is C26H30ClN3OS. The van der Waals surface area contributed by atoms with Crippen LogP contribution < -0.4 is 5.32 Å². The number of aryl methyl sites for hydroxylation is 1. The Hall–Kier alpha value is -2.18. The van der Waals surface area contributed by atoms with E-state index < -0.39 is 0 Å². The van der Waals surface area contributed by atoms with E-state index in [4.69, 9.17) is 11.6 Å². The first-order chi connectivity index (χ1) is 15.6. The van der Waals surface area contributed by atoms with Crippen LogP contribution in [0.3, 0.4) is 0 Å². The fourth-order valence-electron chi connectivity index (χ4n) is 4.27. The highest BCUT2D eigenvalue weighted by Gasteiger charge is 2.29. The fraction of sp³-hybridized carbons (Fsp3) is 0.346. The van der Waals surface area contributed by atoms with Crippen LogP contribution in [0.2, 0.25) is 5.02 Å². The molecule has 1 amide bonds. The normalized spacial score (nSPS) is 16.1. The molecule has 1 aliphatic heterocycles. The lowest BCUT2D eigenvalue weighted by Gasteiger charge is -2.39. The monoisotopic (exact) mass is 467 g/mol. The number of thiophene rings is 1. The number of anilines is 1. The number of hydrogen-bond acceptors (Lipinski definition) is 4. The number of likely N-dealkylation sites (N-methyl/N-ethyl adjacent to an activating group) is 1. The number of carbonyl (C=O) groups excluding carboxylic acids is 1. The zero-order valence-corrected chi connectivity index (χ0v) is 20.3. The predicted molar refractivity (Wildman–Crippen MR) is 135 cm³/mol. The Kier molecular flexibility index (Phi) is 7.63. The van der Waals surface area contributed by atoms with Gasteiger partial charge in [0.05, 0.1) is 6.04 Å². The summed E-state index contributed by atoms with van der Waals surface area (Å²) in [6.45, 7) is 9.55. The van der Waals surface area contributed by atoms with Crippen molar-refractivity contribution in [2.75, 3.05) is 38.0 Å². The molecule has 1 atom stereocenters. The Balaban J connectivity index is 1.71. The Labute approximate surface area is 199 Å². The molecule has 1 aromatic heterocycles. The van der Waals surface area contributed by atoms with E-state index in [1.165, 1.54) is 16.0 Å². The maximum atomic E-state index is 13.0. The van der Waals surface area contributed by atoms with Crippen molar-refractivity contribution in [3.8, 4) is 0 Å². The van der Waals surface area contributed by atoms with Gasteiger partial charge < -0.3 is 10.2 Å². The number of piperazine rings is 1. The largest absolute Gasteiger partial charge is 0.313 e. The second-order valence-corrected chi connectivity index (χ2v) is 9.67. The van der Waals surface area contributed by atoms with Crippen LogP contribution in [0.1, 0.15) is 46.3 Å². The average Bonchev–Trinajstić information content (AvgIpc) is 3.23. The lowest BCUT2D eigenvalue weighted by atomic mass is 9.97. The minimum absolute atomic E-state index is 0.0676. The minimum Gasteiger partial charge on any atom is -0.313 e. The highest BCUT2D eigenvalue weighted by Crippen LogP contribution is 2.40. The number of rotatable bonds is 7. The number of hydrogen-bond donors (Lipinski definition) is 1. The van der Waals surface area contributed by atoms with Gasteiger partial charge in [-0.3, -0.25) is 9.69 Å². The van der Waals surface area contributed by atoms with Gasteiger partial charge in [-0.1, -0.05) is 55.8 Å². The molecule has 3 aromatic rings. The van der Waals surface area contributed by atoms with Crippen LogP contribution in [0.25, 0.3) is 0 Å². The average molecular weight is 468 g/mol. The highest BCUT2D eigenvalue weighted by molar-refractivity contribution is 7.16. The lowest BCUT2D eigenvalue weighted by Crippen LogP contribution is -2.47. The molecule has 1 saturated heterocycles. The van der Waals surface area contributed by atoms with Crippen LogP contribution >= 0.6 is 22.9 Å². The van der Waals surface area contributed by atoms with Crippen molar-refractivity contribution >= 4 is 33.8 Å².